The number of aromatic nitrogens is 2. The van der Waals surface area contributed by atoms with Gasteiger partial charge in [0.15, 0.2) is 12.1 Å². The molecule has 60 valence electrons. The number of nitrogen functional groups attached to an aromatic ring is 1. The molecule has 5 heteroatoms. The predicted octanol–water partition coefficient (Wildman–Crippen LogP) is 0.537. The van der Waals surface area contributed by atoms with Gasteiger partial charge in [0.2, 0.25) is 0 Å². The Hall–Kier alpha value is -0.970. The van der Waals surface area contributed by atoms with Gasteiger partial charge in [-0.25, -0.2) is 0 Å². The molecule has 0 saturated carbocycles. The van der Waals surface area contributed by atoms with Gasteiger partial charge in [-0.15, -0.1) is 11.8 Å². The van der Waals surface area contributed by atoms with Crippen molar-refractivity contribution >= 4 is 23.9 Å². The van der Waals surface area contributed by atoms with Gasteiger partial charge in [0.05, 0.1) is 5.56 Å². The third-order valence-corrected chi connectivity index (χ3v) is 2.24. The Kier molecular flexibility index (Phi) is 2.19. The van der Waals surface area contributed by atoms with Crippen molar-refractivity contribution in [2.24, 2.45) is 7.05 Å². The molecular formula is C6H9N3OS. The number of aldehydes is 1. The molecule has 1 aromatic rings. The lowest BCUT2D eigenvalue weighted by molar-refractivity contribution is 0.112. The summed E-state index contributed by atoms with van der Waals surface area (Å²) in [6, 6.07) is 0. The standard InChI is InChI=1S/C6H9N3OS/c1-9-6(11-2)4(3-10)5(7)8-9/h3H,1-2H3,(H2,7,8). The van der Waals surface area contributed by atoms with Crippen LogP contribution in [0.5, 0.6) is 0 Å². The van der Waals surface area contributed by atoms with Crippen LogP contribution < -0.4 is 5.73 Å². The van der Waals surface area contributed by atoms with Crippen LogP contribution in [-0.2, 0) is 7.05 Å². The molecular weight excluding hydrogens is 162 g/mol. The Balaban J connectivity index is 3.28. The number of aryl methyl sites for hydroxylation is 1. The van der Waals surface area contributed by atoms with Crippen LogP contribution in [0, 0.1) is 0 Å². The summed E-state index contributed by atoms with van der Waals surface area (Å²) in [4.78, 5) is 10.5. The van der Waals surface area contributed by atoms with E-state index in [2.05, 4.69) is 5.10 Å². The van der Waals surface area contributed by atoms with E-state index in [0.717, 1.165) is 11.3 Å². The molecule has 0 spiro atoms. The van der Waals surface area contributed by atoms with E-state index in [9.17, 15) is 4.79 Å². The minimum absolute atomic E-state index is 0.298. The topological polar surface area (TPSA) is 60.9 Å². The first kappa shape index (κ1) is 8.13. The second-order valence-electron chi connectivity index (χ2n) is 2.05. The summed E-state index contributed by atoms with van der Waals surface area (Å²) in [6.07, 6.45) is 2.61. The Labute approximate surface area is 68.8 Å². The SMILES string of the molecule is CSc1c(C=O)c(N)nn1C. The minimum atomic E-state index is 0.298. The highest BCUT2D eigenvalue weighted by Gasteiger charge is 2.10. The third kappa shape index (κ3) is 1.23. The molecule has 1 aromatic heterocycles. The van der Waals surface area contributed by atoms with Crippen LogP contribution in [0.25, 0.3) is 0 Å². The molecule has 0 bridgehead atoms. The van der Waals surface area contributed by atoms with E-state index >= 15 is 0 Å². The first-order chi connectivity index (χ1) is 5.20. The van der Waals surface area contributed by atoms with E-state index in [0.29, 0.717) is 11.4 Å². The van der Waals surface area contributed by atoms with Gasteiger partial charge in [-0.3, -0.25) is 9.48 Å². The second kappa shape index (κ2) is 2.96. The van der Waals surface area contributed by atoms with Crippen molar-refractivity contribution in [1.29, 1.82) is 0 Å². The Morgan fingerprint density at radius 2 is 2.36 bits per heavy atom. The zero-order valence-electron chi connectivity index (χ0n) is 6.37. The number of rotatable bonds is 2. The molecule has 0 saturated heterocycles. The number of thioether (sulfide) groups is 1. The summed E-state index contributed by atoms with van der Waals surface area (Å²) >= 11 is 1.46. The van der Waals surface area contributed by atoms with Crippen LogP contribution in [0.3, 0.4) is 0 Å². The Bertz CT molecular complexity index is 282. The number of nitrogens with zero attached hydrogens (tertiary/aromatic N) is 2. The van der Waals surface area contributed by atoms with E-state index in [1.54, 1.807) is 11.7 Å². The first-order valence-corrected chi connectivity index (χ1v) is 4.24. The van der Waals surface area contributed by atoms with Crippen LogP contribution in [-0.4, -0.2) is 22.3 Å². The highest BCUT2D eigenvalue weighted by molar-refractivity contribution is 7.98. The van der Waals surface area contributed by atoms with Crippen LogP contribution in [0.4, 0.5) is 5.82 Å². The molecule has 0 aromatic carbocycles. The Morgan fingerprint density at radius 1 is 1.73 bits per heavy atom. The maximum Gasteiger partial charge on any atom is 0.157 e. The van der Waals surface area contributed by atoms with Crippen molar-refractivity contribution in [2.45, 2.75) is 5.03 Å². The number of hydrogen-bond donors (Lipinski definition) is 1. The van der Waals surface area contributed by atoms with Gasteiger partial charge in [0.1, 0.15) is 5.03 Å². The largest absolute Gasteiger partial charge is 0.382 e. The highest BCUT2D eigenvalue weighted by atomic mass is 32.2. The average molecular weight is 171 g/mol. The van der Waals surface area contributed by atoms with Gasteiger partial charge in [-0.1, -0.05) is 0 Å². The van der Waals surface area contributed by atoms with Crippen LogP contribution in [0.2, 0.25) is 0 Å². The summed E-state index contributed by atoms with van der Waals surface area (Å²) < 4.78 is 1.60. The lowest BCUT2D eigenvalue weighted by Crippen LogP contribution is -1.92. The smallest absolute Gasteiger partial charge is 0.157 e. The zero-order chi connectivity index (χ0) is 8.43. The quantitative estimate of drug-likeness (QED) is 0.521. The molecule has 0 radical (unpaired) electrons. The molecule has 4 nitrogen and oxygen atoms in total. The van der Waals surface area contributed by atoms with Gasteiger partial charge < -0.3 is 5.73 Å². The van der Waals surface area contributed by atoms with Crippen molar-refractivity contribution in [1.82, 2.24) is 9.78 Å². The first-order valence-electron chi connectivity index (χ1n) is 3.02. The predicted molar refractivity (Wildman–Crippen MR) is 44.8 cm³/mol. The number of carbonyl (C=O) groups is 1. The summed E-state index contributed by atoms with van der Waals surface area (Å²) in [5.41, 5.74) is 5.94. The molecule has 0 unspecified atom stereocenters. The van der Waals surface area contributed by atoms with E-state index in [4.69, 9.17) is 5.73 Å². The molecule has 0 amide bonds. The molecule has 1 rings (SSSR count). The van der Waals surface area contributed by atoms with E-state index < -0.39 is 0 Å². The van der Waals surface area contributed by atoms with Crippen LogP contribution >= 0.6 is 11.8 Å². The van der Waals surface area contributed by atoms with Gasteiger partial charge in [0, 0.05) is 7.05 Å². The average Bonchev–Trinajstić information content (AvgIpc) is 2.24. The monoisotopic (exact) mass is 171 g/mol. The van der Waals surface area contributed by atoms with Crippen molar-refractivity contribution in [2.75, 3.05) is 12.0 Å². The fraction of sp³-hybridized carbons (Fsp3) is 0.333. The van der Waals surface area contributed by atoms with E-state index in [1.807, 2.05) is 6.26 Å². The maximum absolute atomic E-state index is 10.5. The van der Waals surface area contributed by atoms with E-state index in [1.165, 1.54) is 11.8 Å². The lowest BCUT2D eigenvalue weighted by Gasteiger charge is -1.94. The molecule has 0 aliphatic rings. The summed E-state index contributed by atoms with van der Waals surface area (Å²) in [5.74, 6) is 0.298. The van der Waals surface area contributed by atoms with Gasteiger partial charge in [-0.2, -0.15) is 5.10 Å². The number of carbonyl (C=O) groups excluding carboxylic acids is 1. The number of anilines is 1. The van der Waals surface area contributed by atoms with E-state index in [-0.39, 0.29) is 0 Å². The fourth-order valence-electron chi connectivity index (χ4n) is 0.898. The zero-order valence-corrected chi connectivity index (χ0v) is 7.18. The molecule has 0 aliphatic heterocycles. The third-order valence-electron chi connectivity index (χ3n) is 1.37. The molecule has 11 heavy (non-hydrogen) atoms. The second-order valence-corrected chi connectivity index (χ2v) is 2.84. The highest BCUT2D eigenvalue weighted by Crippen LogP contribution is 2.22. The molecule has 1 heterocycles. The fourth-order valence-corrected chi connectivity index (χ4v) is 1.58. The van der Waals surface area contributed by atoms with Crippen molar-refractivity contribution in [3.8, 4) is 0 Å². The number of hydrogen-bond acceptors (Lipinski definition) is 4. The summed E-state index contributed by atoms with van der Waals surface area (Å²) in [7, 11) is 1.76. The molecule has 0 fully saturated rings. The summed E-state index contributed by atoms with van der Waals surface area (Å²) in [5, 5.41) is 4.70. The van der Waals surface area contributed by atoms with Crippen molar-refractivity contribution < 1.29 is 4.79 Å². The number of nitrogens with two attached hydrogens (primary N) is 1. The van der Waals surface area contributed by atoms with Crippen LogP contribution in [0.15, 0.2) is 5.03 Å². The van der Waals surface area contributed by atoms with Gasteiger partial charge in [-0.05, 0) is 6.26 Å². The van der Waals surface area contributed by atoms with Gasteiger partial charge >= 0.3 is 0 Å². The molecule has 2 N–H and O–H groups in total. The Morgan fingerprint density at radius 3 is 2.73 bits per heavy atom. The van der Waals surface area contributed by atoms with Crippen molar-refractivity contribution in [3.63, 3.8) is 0 Å². The molecule has 0 atom stereocenters. The maximum atomic E-state index is 10.5. The lowest BCUT2D eigenvalue weighted by atomic mass is 10.4. The van der Waals surface area contributed by atoms with Gasteiger partial charge in [0.25, 0.3) is 0 Å². The molecule has 0 aliphatic carbocycles. The summed E-state index contributed by atoms with van der Waals surface area (Å²) in [6.45, 7) is 0. The van der Waals surface area contributed by atoms with Crippen LogP contribution in [0.1, 0.15) is 10.4 Å². The normalized spacial score (nSPS) is 10.0. The minimum Gasteiger partial charge on any atom is -0.382 e. The van der Waals surface area contributed by atoms with Crippen molar-refractivity contribution in [3.05, 3.63) is 5.56 Å².